The van der Waals surface area contributed by atoms with E-state index in [9.17, 15) is 4.79 Å². The van der Waals surface area contributed by atoms with E-state index in [1.807, 2.05) is 30.3 Å². The van der Waals surface area contributed by atoms with Crippen molar-refractivity contribution in [2.24, 2.45) is 16.0 Å². The van der Waals surface area contributed by atoms with E-state index >= 15 is 0 Å². The lowest BCUT2D eigenvalue weighted by atomic mass is 9.79. The molecule has 2 aliphatic rings. The summed E-state index contributed by atoms with van der Waals surface area (Å²) in [5, 5.41) is 6.59. The van der Waals surface area contributed by atoms with E-state index in [-0.39, 0.29) is 34.6 Å². The minimum atomic E-state index is -0.317. The molecule has 0 radical (unpaired) electrons. The van der Waals surface area contributed by atoms with Crippen molar-refractivity contribution >= 4 is 40.4 Å². The molecule has 1 amide bonds. The Morgan fingerprint density at radius 2 is 2.00 bits per heavy atom. The van der Waals surface area contributed by atoms with Gasteiger partial charge in [-0.15, -0.1) is 0 Å². The summed E-state index contributed by atoms with van der Waals surface area (Å²) in [6.45, 7) is 7.50. The maximum absolute atomic E-state index is 13.5. The molecule has 0 aromatic carbocycles. The molecule has 8 nitrogen and oxygen atoms in total. The SMILES string of the molecule is C=CN=C(OC(=C)c1ccco1)SCC(=O)N1N=C2/C(=C/c3ccco3)CCCC2C1c1ccco1. The monoisotopic (exact) mass is 503 g/mol. The van der Waals surface area contributed by atoms with Crippen molar-refractivity contribution in [3.8, 4) is 0 Å². The number of amides is 1. The summed E-state index contributed by atoms with van der Waals surface area (Å²) in [6.07, 6.45) is 10.9. The molecule has 1 fully saturated rings. The van der Waals surface area contributed by atoms with Crippen molar-refractivity contribution in [1.29, 1.82) is 0 Å². The first kappa shape index (κ1) is 23.7. The quantitative estimate of drug-likeness (QED) is 0.207. The van der Waals surface area contributed by atoms with Crippen molar-refractivity contribution in [2.75, 3.05) is 5.75 Å². The molecular weight excluding hydrogens is 478 g/mol. The maximum atomic E-state index is 13.5. The van der Waals surface area contributed by atoms with Gasteiger partial charge in [-0.1, -0.05) is 24.9 Å². The number of hydrazone groups is 1. The van der Waals surface area contributed by atoms with Crippen molar-refractivity contribution in [2.45, 2.75) is 25.3 Å². The highest BCUT2D eigenvalue weighted by molar-refractivity contribution is 8.14. The Morgan fingerprint density at radius 3 is 2.72 bits per heavy atom. The molecular formula is C27H25N3O5S. The van der Waals surface area contributed by atoms with Gasteiger partial charge in [0.1, 0.15) is 17.6 Å². The van der Waals surface area contributed by atoms with Gasteiger partial charge in [-0.2, -0.15) is 5.10 Å². The van der Waals surface area contributed by atoms with Crippen molar-refractivity contribution in [3.05, 3.63) is 97.4 Å². The van der Waals surface area contributed by atoms with Gasteiger partial charge >= 0.3 is 0 Å². The van der Waals surface area contributed by atoms with Gasteiger partial charge in [0, 0.05) is 12.1 Å². The fraction of sp³-hybridized carbons (Fsp3) is 0.222. The van der Waals surface area contributed by atoms with Crippen molar-refractivity contribution in [3.63, 3.8) is 0 Å². The summed E-state index contributed by atoms with van der Waals surface area (Å²) in [4.78, 5) is 17.6. The summed E-state index contributed by atoms with van der Waals surface area (Å²) in [5.41, 5.74) is 1.98. The topological polar surface area (TPSA) is 93.7 Å². The number of aliphatic imine (C=N–C) groups is 1. The zero-order chi connectivity index (χ0) is 24.9. The smallest absolute Gasteiger partial charge is 0.256 e. The van der Waals surface area contributed by atoms with Gasteiger partial charge in [0.25, 0.3) is 11.1 Å². The molecule has 2 unspecified atom stereocenters. The Hall–Kier alpha value is -3.98. The minimum Gasteiger partial charge on any atom is -0.467 e. The van der Waals surface area contributed by atoms with E-state index < -0.39 is 0 Å². The van der Waals surface area contributed by atoms with Crippen LogP contribution in [0.4, 0.5) is 0 Å². The Balaban J connectivity index is 1.36. The van der Waals surface area contributed by atoms with E-state index in [1.54, 1.807) is 29.7 Å². The average molecular weight is 504 g/mol. The van der Waals surface area contributed by atoms with Crippen LogP contribution in [0.3, 0.4) is 0 Å². The molecule has 0 bridgehead atoms. The van der Waals surface area contributed by atoms with E-state index in [0.717, 1.165) is 48.1 Å². The number of rotatable bonds is 7. The summed E-state index contributed by atoms with van der Waals surface area (Å²) < 4.78 is 22.3. The normalized spacial score (nSPS) is 20.8. The second-order valence-electron chi connectivity index (χ2n) is 8.24. The first-order valence-electron chi connectivity index (χ1n) is 11.5. The molecule has 2 atom stereocenters. The zero-order valence-corrected chi connectivity index (χ0v) is 20.4. The van der Waals surface area contributed by atoms with Gasteiger partial charge in [0.15, 0.2) is 11.5 Å². The number of hydrogen-bond acceptors (Lipinski definition) is 8. The fourth-order valence-corrected chi connectivity index (χ4v) is 5.13. The molecule has 1 aliphatic heterocycles. The Labute approximate surface area is 212 Å². The molecule has 5 rings (SSSR count). The Bertz CT molecular complexity index is 1300. The predicted molar refractivity (Wildman–Crippen MR) is 139 cm³/mol. The lowest BCUT2D eigenvalue weighted by molar-refractivity contribution is -0.131. The van der Waals surface area contributed by atoms with E-state index in [0.29, 0.717) is 11.5 Å². The molecule has 9 heteroatoms. The summed E-state index contributed by atoms with van der Waals surface area (Å²) >= 11 is 1.14. The third kappa shape index (κ3) is 5.01. The van der Waals surface area contributed by atoms with Gasteiger partial charge in [-0.3, -0.25) is 4.79 Å². The fourth-order valence-electron chi connectivity index (χ4n) is 4.44. The lowest BCUT2D eigenvalue weighted by Gasteiger charge is -2.27. The molecule has 4 heterocycles. The van der Waals surface area contributed by atoms with Gasteiger partial charge in [0.05, 0.1) is 30.3 Å². The van der Waals surface area contributed by atoms with Crippen molar-refractivity contribution in [1.82, 2.24) is 5.01 Å². The number of nitrogens with zero attached hydrogens (tertiary/aromatic N) is 3. The number of carbonyl (C=O) groups is 1. The van der Waals surface area contributed by atoms with E-state index in [4.69, 9.17) is 23.1 Å². The molecule has 1 aliphatic carbocycles. The number of hydrogen-bond donors (Lipinski definition) is 0. The van der Waals surface area contributed by atoms with Gasteiger partial charge < -0.3 is 18.0 Å². The first-order valence-corrected chi connectivity index (χ1v) is 12.5. The maximum Gasteiger partial charge on any atom is 0.256 e. The number of fused-ring (bicyclic) bond motifs is 1. The van der Waals surface area contributed by atoms with E-state index in [1.165, 1.54) is 12.5 Å². The number of thioether (sulfide) groups is 1. The van der Waals surface area contributed by atoms with E-state index in [2.05, 4.69) is 18.2 Å². The van der Waals surface area contributed by atoms with Crippen LogP contribution in [-0.2, 0) is 9.53 Å². The second kappa shape index (κ2) is 10.7. The molecule has 36 heavy (non-hydrogen) atoms. The standard InChI is InChI=1S/C27H25N3O5S/c1-3-28-27(35-18(2)22-11-6-14-33-22)36-17-24(31)30-26(23-12-7-15-34-23)21-10-4-8-19(25(21)29-30)16-20-9-5-13-32-20/h3,5-7,9,11-16,21,26H,1-2,4,8,10,17H2/b19-16+,28-27?. The largest absolute Gasteiger partial charge is 0.467 e. The third-order valence-electron chi connectivity index (χ3n) is 5.97. The van der Waals surface area contributed by atoms with Crippen LogP contribution in [-0.4, -0.2) is 27.6 Å². The van der Waals surface area contributed by atoms with Crippen LogP contribution < -0.4 is 0 Å². The minimum absolute atomic E-state index is 0.0383. The third-order valence-corrected chi connectivity index (χ3v) is 6.80. The molecule has 184 valence electrons. The number of furan rings is 3. The molecule has 0 spiro atoms. The van der Waals surface area contributed by atoms with Crippen LogP contribution in [0.15, 0.2) is 103 Å². The van der Waals surface area contributed by atoms with Crippen LogP contribution in [0.1, 0.15) is 42.6 Å². The molecule has 3 aromatic heterocycles. The highest BCUT2D eigenvalue weighted by Gasteiger charge is 2.45. The Morgan fingerprint density at radius 1 is 1.19 bits per heavy atom. The van der Waals surface area contributed by atoms with Crippen LogP contribution in [0.5, 0.6) is 0 Å². The van der Waals surface area contributed by atoms with Gasteiger partial charge in [0.2, 0.25) is 0 Å². The summed E-state index contributed by atoms with van der Waals surface area (Å²) in [6, 6.07) is 10.6. The zero-order valence-electron chi connectivity index (χ0n) is 19.5. The van der Waals surface area contributed by atoms with Crippen LogP contribution in [0.25, 0.3) is 11.8 Å². The van der Waals surface area contributed by atoms with Crippen molar-refractivity contribution < 1.29 is 22.8 Å². The van der Waals surface area contributed by atoms with Crippen LogP contribution in [0, 0.1) is 5.92 Å². The predicted octanol–water partition coefficient (Wildman–Crippen LogP) is 6.51. The number of ether oxygens (including phenoxy) is 1. The average Bonchev–Trinajstić information content (AvgIpc) is 3.69. The molecule has 0 N–H and O–H groups in total. The number of allylic oxidation sites excluding steroid dienone is 1. The number of carbonyl (C=O) groups excluding carboxylic acids is 1. The Kier molecular flexibility index (Phi) is 7.08. The molecule has 0 saturated heterocycles. The molecule has 1 saturated carbocycles. The molecule has 3 aromatic rings. The second-order valence-corrected chi connectivity index (χ2v) is 9.16. The van der Waals surface area contributed by atoms with Gasteiger partial charge in [-0.05, 0) is 67.3 Å². The summed E-state index contributed by atoms with van der Waals surface area (Å²) in [7, 11) is 0. The van der Waals surface area contributed by atoms with Crippen LogP contribution >= 0.6 is 11.8 Å². The lowest BCUT2D eigenvalue weighted by Crippen LogP contribution is -2.32. The highest BCUT2D eigenvalue weighted by Crippen LogP contribution is 2.44. The van der Waals surface area contributed by atoms with Gasteiger partial charge in [-0.25, -0.2) is 10.0 Å². The van der Waals surface area contributed by atoms with Crippen LogP contribution in [0.2, 0.25) is 0 Å². The highest BCUT2D eigenvalue weighted by atomic mass is 32.2. The summed E-state index contributed by atoms with van der Waals surface area (Å²) in [5.74, 6) is 2.13. The first-order chi connectivity index (χ1) is 17.6.